The molecule has 0 spiro atoms. The molecular weight excluding hydrogens is 502 g/mol. The van der Waals surface area contributed by atoms with Crippen LogP contribution in [0.25, 0.3) is 0 Å². The Morgan fingerprint density at radius 1 is 1.27 bits per heavy atom. The van der Waals surface area contributed by atoms with Crippen molar-refractivity contribution >= 4 is 11.8 Å². The number of hydrogen-bond acceptors (Lipinski definition) is 7. The lowest BCUT2D eigenvalue weighted by Crippen LogP contribution is -2.39. The van der Waals surface area contributed by atoms with Crippen LogP contribution in [0, 0.1) is 12.3 Å². The van der Waals surface area contributed by atoms with Gasteiger partial charge < -0.3 is 20.3 Å². The molecule has 1 unspecified atom stereocenters. The molecule has 3 aliphatic rings. The van der Waals surface area contributed by atoms with Gasteiger partial charge in [0.1, 0.15) is 11.8 Å². The van der Waals surface area contributed by atoms with Crippen molar-refractivity contribution in [1.82, 2.24) is 24.9 Å². The number of nitrogens with one attached hydrogen (secondary N) is 1. The fourth-order valence-electron chi connectivity index (χ4n) is 6.63. The van der Waals surface area contributed by atoms with Crippen LogP contribution in [0.1, 0.15) is 89.6 Å². The summed E-state index contributed by atoms with van der Waals surface area (Å²) in [7, 11) is 3.77. The van der Waals surface area contributed by atoms with E-state index in [4.69, 9.17) is 20.6 Å². The number of aromatic nitrogens is 2. The van der Waals surface area contributed by atoms with Crippen LogP contribution in [0.2, 0.25) is 0 Å². The van der Waals surface area contributed by atoms with E-state index in [2.05, 4.69) is 27.9 Å². The van der Waals surface area contributed by atoms with Gasteiger partial charge in [0.05, 0.1) is 5.69 Å². The number of carbonyl (C=O) groups excluding carboxylic acids is 1. The number of ether oxygens (including phenoxy) is 1. The van der Waals surface area contributed by atoms with Crippen molar-refractivity contribution in [1.29, 1.82) is 0 Å². The number of carbonyl (C=O) groups is 1. The van der Waals surface area contributed by atoms with Crippen molar-refractivity contribution < 1.29 is 9.53 Å². The lowest BCUT2D eigenvalue weighted by molar-refractivity contribution is 0.0283. The number of fused-ring (bicyclic) bond motifs is 1. The summed E-state index contributed by atoms with van der Waals surface area (Å²) in [5.41, 5.74) is 12.9. The number of allylic oxidation sites excluding steroid dienone is 1. The lowest BCUT2D eigenvalue weighted by atomic mass is 9.71. The van der Waals surface area contributed by atoms with E-state index in [0.717, 1.165) is 61.6 Å². The van der Waals surface area contributed by atoms with Crippen molar-refractivity contribution in [3.63, 3.8) is 0 Å². The Hall–Kier alpha value is -2.81. The molecule has 1 aromatic rings. The predicted octanol–water partition coefficient (Wildman–Crippen LogP) is 4.89. The summed E-state index contributed by atoms with van der Waals surface area (Å²) in [6.07, 6.45) is 12.8. The SMILES string of the molecule is CNC1N=C(C)C=C(N2CCc3c(c(C)nn3CC3(CCCN(C)C(=O)OC(C)(C)C)CCCCC3)C2)C1=CN. The van der Waals surface area contributed by atoms with E-state index < -0.39 is 5.60 Å². The van der Waals surface area contributed by atoms with Gasteiger partial charge in [0.2, 0.25) is 0 Å². The number of nitrogens with two attached hydrogens (primary N) is 1. The molecule has 1 aliphatic carbocycles. The maximum atomic E-state index is 12.5. The summed E-state index contributed by atoms with van der Waals surface area (Å²) in [4.78, 5) is 21.3. The first-order valence-corrected chi connectivity index (χ1v) is 15.0. The summed E-state index contributed by atoms with van der Waals surface area (Å²) in [6.45, 7) is 13.4. The largest absolute Gasteiger partial charge is 0.444 e. The fraction of sp³-hybridized carbons (Fsp3) is 0.710. The van der Waals surface area contributed by atoms with Crippen LogP contribution in [0.3, 0.4) is 0 Å². The highest BCUT2D eigenvalue weighted by atomic mass is 16.6. The van der Waals surface area contributed by atoms with Gasteiger partial charge in [-0.1, -0.05) is 19.3 Å². The van der Waals surface area contributed by atoms with Crippen LogP contribution < -0.4 is 11.1 Å². The van der Waals surface area contributed by atoms with Gasteiger partial charge in [-0.3, -0.25) is 15.0 Å². The van der Waals surface area contributed by atoms with Gasteiger partial charge in [0, 0.05) is 74.1 Å². The predicted molar refractivity (Wildman–Crippen MR) is 161 cm³/mol. The molecule has 40 heavy (non-hydrogen) atoms. The van der Waals surface area contributed by atoms with Crippen LogP contribution in [-0.2, 0) is 24.2 Å². The Kier molecular flexibility index (Phi) is 9.33. The summed E-state index contributed by atoms with van der Waals surface area (Å²) < 4.78 is 7.89. The molecule has 4 rings (SSSR count). The van der Waals surface area contributed by atoms with Crippen molar-refractivity contribution in [3.8, 4) is 0 Å². The number of aliphatic imine (C=N–C) groups is 1. The first-order valence-electron chi connectivity index (χ1n) is 15.0. The maximum absolute atomic E-state index is 12.5. The highest BCUT2D eigenvalue weighted by Gasteiger charge is 2.35. The van der Waals surface area contributed by atoms with Gasteiger partial charge in [-0.05, 0) is 78.8 Å². The normalized spacial score (nSPS) is 22.0. The van der Waals surface area contributed by atoms with Gasteiger partial charge in [0.15, 0.2) is 0 Å². The first-order chi connectivity index (χ1) is 18.9. The number of aryl methyl sites for hydroxylation is 1. The second-order valence-corrected chi connectivity index (χ2v) is 13.0. The molecule has 9 heteroatoms. The molecule has 0 saturated heterocycles. The van der Waals surface area contributed by atoms with Crippen molar-refractivity contribution in [3.05, 3.63) is 40.5 Å². The van der Waals surface area contributed by atoms with Gasteiger partial charge in [-0.25, -0.2) is 4.79 Å². The minimum atomic E-state index is -0.473. The number of hydrogen-bond donors (Lipinski definition) is 2. The molecule has 3 N–H and O–H groups in total. The minimum absolute atomic E-state index is 0.115. The van der Waals surface area contributed by atoms with Crippen LogP contribution in [0.5, 0.6) is 0 Å². The van der Waals surface area contributed by atoms with Gasteiger partial charge in [-0.2, -0.15) is 5.10 Å². The number of likely N-dealkylation sites (N-methyl/N-ethyl adjacent to an activating group) is 1. The highest BCUT2D eigenvalue weighted by Crippen LogP contribution is 2.42. The third kappa shape index (κ3) is 6.90. The molecule has 0 bridgehead atoms. The second-order valence-electron chi connectivity index (χ2n) is 13.0. The van der Waals surface area contributed by atoms with Crippen molar-refractivity contribution in [2.24, 2.45) is 16.1 Å². The molecule has 0 radical (unpaired) electrons. The molecule has 1 atom stereocenters. The second kappa shape index (κ2) is 12.4. The highest BCUT2D eigenvalue weighted by molar-refractivity contribution is 5.95. The van der Waals surface area contributed by atoms with Gasteiger partial charge in [-0.15, -0.1) is 0 Å². The van der Waals surface area contributed by atoms with Crippen molar-refractivity contribution in [2.45, 2.75) is 111 Å². The molecule has 2 aliphatic heterocycles. The minimum Gasteiger partial charge on any atom is -0.444 e. The number of rotatable bonds is 8. The molecule has 1 fully saturated rings. The van der Waals surface area contributed by atoms with E-state index >= 15 is 0 Å². The molecule has 0 aromatic carbocycles. The number of nitrogens with zero attached hydrogens (tertiary/aromatic N) is 5. The van der Waals surface area contributed by atoms with E-state index in [1.165, 1.54) is 43.4 Å². The van der Waals surface area contributed by atoms with Crippen LogP contribution in [-0.4, -0.2) is 70.3 Å². The van der Waals surface area contributed by atoms with E-state index in [1.54, 1.807) is 11.1 Å². The number of dihydropyridines is 1. The zero-order chi connectivity index (χ0) is 29.1. The van der Waals surface area contributed by atoms with Crippen LogP contribution in [0.15, 0.2) is 28.5 Å². The lowest BCUT2D eigenvalue weighted by Gasteiger charge is -2.39. The third-order valence-corrected chi connectivity index (χ3v) is 8.70. The topological polar surface area (TPSA) is 101 Å². The molecule has 222 valence electrons. The Balaban J connectivity index is 1.47. The standard InChI is InChI=1S/C31H51N7O2/c1-22-18-27(24(19-32)28(33-6)34-22)37-17-12-26-25(20-37)23(2)35-38(26)21-31(13-9-8-10-14-31)15-11-16-36(7)29(39)40-30(3,4)5/h18-19,28,33H,8-17,20-21,32H2,1-7H3. The summed E-state index contributed by atoms with van der Waals surface area (Å²) >= 11 is 0. The Morgan fingerprint density at radius 3 is 2.65 bits per heavy atom. The average Bonchev–Trinajstić information content (AvgIpc) is 3.21. The Bertz CT molecular complexity index is 1150. The summed E-state index contributed by atoms with van der Waals surface area (Å²) in [6, 6.07) is 0. The summed E-state index contributed by atoms with van der Waals surface area (Å²) in [5, 5.41) is 8.40. The molecule has 9 nitrogen and oxygen atoms in total. The zero-order valence-corrected chi connectivity index (χ0v) is 25.8. The fourth-order valence-corrected chi connectivity index (χ4v) is 6.63. The van der Waals surface area contributed by atoms with Gasteiger partial charge in [0.25, 0.3) is 0 Å². The van der Waals surface area contributed by atoms with Crippen molar-refractivity contribution in [2.75, 3.05) is 27.2 Å². The monoisotopic (exact) mass is 553 g/mol. The Labute approximate surface area is 240 Å². The molecule has 3 heterocycles. The first kappa shape index (κ1) is 30.2. The smallest absolute Gasteiger partial charge is 0.410 e. The zero-order valence-electron chi connectivity index (χ0n) is 25.8. The van der Waals surface area contributed by atoms with Gasteiger partial charge >= 0.3 is 6.09 Å². The summed E-state index contributed by atoms with van der Waals surface area (Å²) in [5.74, 6) is 0. The molecular formula is C31H51N7O2. The molecule has 1 saturated carbocycles. The van der Waals surface area contributed by atoms with Crippen LogP contribution in [0.4, 0.5) is 4.79 Å². The van der Waals surface area contributed by atoms with E-state index in [1.807, 2.05) is 41.8 Å². The van der Waals surface area contributed by atoms with E-state index in [0.29, 0.717) is 6.54 Å². The maximum Gasteiger partial charge on any atom is 0.410 e. The van der Waals surface area contributed by atoms with Crippen LogP contribution >= 0.6 is 0 Å². The molecule has 1 aromatic heterocycles. The average molecular weight is 554 g/mol. The van der Waals surface area contributed by atoms with E-state index in [9.17, 15) is 4.79 Å². The molecule has 1 amide bonds. The quantitative estimate of drug-likeness (QED) is 0.475. The van der Waals surface area contributed by atoms with E-state index in [-0.39, 0.29) is 17.7 Å². The Morgan fingerprint density at radius 2 is 2.00 bits per heavy atom. The third-order valence-electron chi connectivity index (χ3n) is 8.70. The number of amides is 1.